The monoisotopic (exact) mass is 335 g/mol. The van der Waals surface area contributed by atoms with E-state index < -0.39 is 0 Å². The second kappa shape index (κ2) is 7.98. The Morgan fingerprint density at radius 2 is 1.96 bits per heavy atom. The maximum Gasteiger partial charge on any atom is 0.0729 e. The van der Waals surface area contributed by atoms with Crippen LogP contribution in [0.25, 0.3) is 11.3 Å². The first kappa shape index (κ1) is 16.5. The molecule has 3 rings (SSSR count). The van der Waals surface area contributed by atoms with Crippen molar-refractivity contribution in [3.63, 3.8) is 0 Å². The summed E-state index contributed by atoms with van der Waals surface area (Å²) in [4.78, 5) is 4.42. The molecule has 1 unspecified atom stereocenters. The molecule has 24 heavy (non-hydrogen) atoms. The molecule has 3 aromatic rings. The van der Waals surface area contributed by atoms with E-state index in [9.17, 15) is 0 Å². The third kappa shape index (κ3) is 4.15. The standard InChI is InChI=1S/C21H20ClN2/c1-16(13-14-17-8-3-2-4-9-17)24-21-18(10-7-11-19(21)22)20-12-5-6-15-23-20/h2-4,6-12,15-16,24H,13-14H2,1H3. The Labute approximate surface area is 148 Å². The van der Waals surface area contributed by atoms with Crippen molar-refractivity contribution in [1.29, 1.82) is 0 Å². The topological polar surface area (TPSA) is 24.9 Å². The fraction of sp³-hybridized carbons (Fsp3) is 0.190. The maximum absolute atomic E-state index is 6.44. The minimum Gasteiger partial charge on any atom is -0.381 e. The molecule has 0 saturated heterocycles. The van der Waals surface area contributed by atoms with Crippen LogP contribution in [0.5, 0.6) is 0 Å². The van der Waals surface area contributed by atoms with Crippen LogP contribution in [0, 0.1) is 6.07 Å². The first-order valence-corrected chi connectivity index (χ1v) is 8.53. The second-order valence-corrected chi connectivity index (χ2v) is 6.28. The Morgan fingerprint density at radius 3 is 2.71 bits per heavy atom. The summed E-state index contributed by atoms with van der Waals surface area (Å²) in [7, 11) is 0. The Hall–Kier alpha value is -2.32. The molecule has 121 valence electrons. The number of hydrogen-bond acceptors (Lipinski definition) is 2. The Morgan fingerprint density at radius 1 is 1.12 bits per heavy atom. The highest BCUT2D eigenvalue weighted by atomic mass is 35.5. The molecule has 1 N–H and O–H groups in total. The molecule has 1 atom stereocenters. The van der Waals surface area contributed by atoms with Gasteiger partial charge in [0.1, 0.15) is 0 Å². The van der Waals surface area contributed by atoms with E-state index in [4.69, 9.17) is 11.6 Å². The van der Waals surface area contributed by atoms with Gasteiger partial charge in [-0.3, -0.25) is 4.98 Å². The lowest BCUT2D eigenvalue weighted by atomic mass is 10.0. The molecule has 2 aromatic carbocycles. The smallest absolute Gasteiger partial charge is 0.0729 e. The van der Waals surface area contributed by atoms with E-state index in [0.29, 0.717) is 11.1 Å². The number of para-hydroxylation sites is 1. The van der Waals surface area contributed by atoms with Crippen LogP contribution in [0.15, 0.2) is 66.9 Å². The van der Waals surface area contributed by atoms with Gasteiger partial charge in [-0.2, -0.15) is 0 Å². The molecule has 0 spiro atoms. The lowest BCUT2D eigenvalue weighted by Gasteiger charge is -2.19. The van der Waals surface area contributed by atoms with Crippen LogP contribution in [0.4, 0.5) is 5.69 Å². The lowest BCUT2D eigenvalue weighted by molar-refractivity contribution is 0.706. The van der Waals surface area contributed by atoms with E-state index >= 15 is 0 Å². The summed E-state index contributed by atoms with van der Waals surface area (Å²) in [5.74, 6) is 0. The average Bonchev–Trinajstić information content (AvgIpc) is 2.63. The SMILES string of the molecule is CC(CCc1ccccc1)Nc1c(Cl)cccc1-c1c[c]ccn1. The zero-order valence-corrected chi connectivity index (χ0v) is 14.4. The molecule has 0 saturated carbocycles. The highest BCUT2D eigenvalue weighted by Crippen LogP contribution is 2.33. The number of benzene rings is 2. The third-order valence-electron chi connectivity index (χ3n) is 3.99. The van der Waals surface area contributed by atoms with E-state index in [1.807, 2.05) is 30.3 Å². The maximum atomic E-state index is 6.44. The fourth-order valence-electron chi connectivity index (χ4n) is 2.70. The molecule has 0 aliphatic carbocycles. The van der Waals surface area contributed by atoms with Gasteiger partial charge in [-0.1, -0.05) is 54.1 Å². The number of pyridine rings is 1. The van der Waals surface area contributed by atoms with Gasteiger partial charge in [0.2, 0.25) is 0 Å². The summed E-state index contributed by atoms with van der Waals surface area (Å²) in [5, 5.41) is 4.27. The van der Waals surface area contributed by atoms with Crippen LogP contribution < -0.4 is 5.32 Å². The van der Waals surface area contributed by atoms with E-state index in [1.165, 1.54) is 5.56 Å². The number of rotatable bonds is 6. The first-order chi connectivity index (χ1) is 11.7. The fourth-order valence-corrected chi connectivity index (χ4v) is 2.93. The minimum absolute atomic E-state index is 0.302. The number of aryl methyl sites for hydroxylation is 1. The van der Waals surface area contributed by atoms with Gasteiger partial charge in [-0.05, 0) is 49.6 Å². The molecule has 1 radical (unpaired) electrons. The van der Waals surface area contributed by atoms with Crippen molar-refractivity contribution in [2.75, 3.05) is 5.32 Å². The summed E-state index contributed by atoms with van der Waals surface area (Å²) in [6.07, 6.45) is 3.81. The highest BCUT2D eigenvalue weighted by Gasteiger charge is 2.12. The molecule has 2 nitrogen and oxygen atoms in total. The van der Waals surface area contributed by atoms with Crippen molar-refractivity contribution in [1.82, 2.24) is 4.98 Å². The second-order valence-electron chi connectivity index (χ2n) is 5.87. The zero-order valence-electron chi connectivity index (χ0n) is 13.7. The van der Waals surface area contributed by atoms with Crippen LogP contribution in [0.3, 0.4) is 0 Å². The molecule has 0 fully saturated rings. The quantitative estimate of drug-likeness (QED) is 0.631. The lowest BCUT2D eigenvalue weighted by Crippen LogP contribution is -2.17. The number of halogens is 1. The number of anilines is 1. The Balaban J connectivity index is 1.75. The van der Waals surface area contributed by atoms with Crippen molar-refractivity contribution in [2.45, 2.75) is 25.8 Å². The average molecular weight is 336 g/mol. The summed E-state index contributed by atoms with van der Waals surface area (Å²) in [5.41, 5.74) is 4.17. The molecule has 1 aromatic heterocycles. The number of aromatic nitrogens is 1. The van der Waals surface area contributed by atoms with Gasteiger partial charge in [-0.25, -0.2) is 0 Å². The van der Waals surface area contributed by atoms with Gasteiger partial charge in [0.25, 0.3) is 0 Å². The van der Waals surface area contributed by atoms with Crippen molar-refractivity contribution < 1.29 is 0 Å². The molecule has 0 amide bonds. The number of hydrogen-bond donors (Lipinski definition) is 1. The van der Waals surface area contributed by atoms with Crippen LogP contribution in [-0.4, -0.2) is 11.0 Å². The predicted octanol–water partition coefficient (Wildman–Crippen LogP) is 5.64. The molecule has 1 heterocycles. The molecule has 0 bridgehead atoms. The van der Waals surface area contributed by atoms with Gasteiger partial charge in [0, 0.05) is 17.8 Å². The van der Waals surface area contributed by atoms with E-state index in [-0.39, 0.29) is 0 Å². The zero-order chi connectivity index (χ0) is 16.8. The molecule has 3 heteroatoms. The molecule has 0 aliphatic rings. The first-order valence-electron chi connectivity index (χ1n) is 8.15. The minimum atomic E-state index is 0.302. The van der Waals surface area contributed by atoms with Gasteiger partial charge >= 0.3 is 0 Å². The summed E-state index contributed by atoms with van der Waals surface area (Å²) < 4.78 is 0. The van der Waals surface area contributed by atoms with E-state index in [2.05, 4.69) is 47.6 Å². The largest absolute Gasteiger partial charge is 0.381 e. The van der Waals surface area contributed by atoms with Crippen molar-refractivity contribution in [3.05, 3.63) is 83.5 Å². The van der Waals surface area contributed by atoms with Crippen molar-refractivity contribution in [2.24, 2.45) is 0 Å². The van der Waals surface area contributed by atoms with Gasteiger partial charge in [0.05, 0.1) is 16.4 Å². The van der Waals surface area contributed by atoms with E-state index in [0.717, 1.165) is 29.8 Å². The van der Waals surface area contributed by atoms with E-state index in [1.54, 1.807) is 12.3 Å². The summed E-state index contributed by atoms with van der Waals surface area (Å²) in [6, 6.07) is 23.5. The summed E-state index contributed by atoms with van der Waals surface area (Å²) >= 11 is 6.44. The van der Waals surface area contributed by atoms with Gasteiger partial charge in [0.15, 0.2) is 0 Å². The Bertz CT molecular complexity index is 772. The molecular formula is C21H20ClN2. The number of nitrogens with zero attached hydrogens (tertiary/aromatic N) is 1. The number of nitrogens with one attached hydrogen (secondary N) is 1. The normalized spacial score (nSPS) is 11.9. The van der Waals surface area contributed by atoms with Crippen LogP contribution in [0.1, 0.15) is 18.9 Å². The van der Waals surface area contributed by atoms with Crippen molar-refractivity contribution in [3.8, 4) is 11.3 Å². The third-order valence-corrected chi connectivity index (χ3v) is 4.31. The molecule has 0 aliphatic heterocycles. The van der Waals surface area contributed by atoms with Crippen LogP contribution in [-0.2, 0) is 6.42 Å². The van der Waals surface area contributed by atoms with Gasteiger partial charge < -0.3 is 5.32 Å². The predicted molar refractivity (Wildman–Crippen MR) is 101 cm³/mol. The Kier molecular flexibility index (Phi) is 5.50. The molecular weight excluding hydrogens is 316 g/mol. The van der Waals surface area contributed by atoms with Crippen LogP contribution in [0.2, 0.25) is 5.02 Å². The van der Waals surface area contributed by atoms with Gasteiger partial charge in [-0.15, -0.1) is 0 Å². The van der Waals surface area contributed by atoms with Crippen molar-refractivity contribution >= 4 is 17.3 Å². The van der Waals surface area contributed by atoms with Crippen LogP contribution >= 0.6 is 11.6 Å². The highest BCUT2D eigenvalue weighted by molar-refractivity contribution is 6.34. The summed E-state index contributed by atoms with van der Waals surface area (Å²) in [6.45, 7) is 2.18.